The highest BCUT2D eigenvalue weighted by atomic mass is 32.1. The first-order valence-corrected chi connectivity index (χ1v) is 7.77. The highest BCUT2D eigenvalue weighted by Crippen LogP contribution is 2.29. The molecule has 0 aliphatic carbocycles. The first-order valence-electron chi connectivity index (χ1n) is 7.37. The molecule has 3 aromatic rings. The van der Waals surface area contributed by atoms with Crippen LogP contribution >= 0.6 is 12.2 Å². The van der Waals surface area contributed by atoms with E-state index < -0.39 is 0 Å². The van der Waals surface area contributed by atoms with E-state index in [1.165, 1.54) is 18.0 Å². The first kappa shape index (κ1) is 16.7. The monoisotopic (exact) mass is 356 g/mol. The standard InChI is InChI=1S/C17H16N4O3S/c1-23-13-8-4-3-7-12(13)16-19-20-17(25)21(16)18-10-11-6-5-9-14(24-2)15(11)22/h3-10,22H,1-2H3,(H,20,25)/b18-10-. The quantitative estimate of drug-likeness (QED) is 0.542. The van der Waals surface area contributed by atoms with Crippen LogP contribution in [0.25, 0.3) is 11.4 Å². The van der Waals surface area contributed by atoms with E-state index in [9.17, 15) is 5.11 Å². The minimum Gasteiger partial charge on any atom is -0.504 e. The van der Waals surface area contributed by atoms with Crippen molar-refractivity contribution in [2.75, 3.05) is 14.2 Å². The third-order valence-electron chi connectivity index (χ3n) is 3.56. The van der Waals surface area contributed by atoms with Crippen molar-refractivity contribution < 1.29 is 14.6 Å². The van der Waals surface area contributed by atoms with Crippen molar-refractivity contribution >= 4 is 18.4 Å². The van der Waals surface area contributed by atoms with Gasteiger partial charge < -0.3 is 14.6 Å². The summed E-state index contributed by atoms with van der Waals surface area (Å²) < 4.78 is 12.2. The Bertz CT molecular complexity index is 978. The number of H-pyrrole nitrogens is 1. The van der Waals surface area contributed by atoms with Gasteiger partial charge in [0.2, 0.25) is 4.77 Å². The van der Waals surface area contributed by atoms with Crippen LogP contribution in [0.4, 0.5) is 0 Å². The number of hydrogen-bond donors (Lipinski definition) is 2. The number of benzene rings is 2. The molecule has 1 aromatic heterocycles. The molecule has 0 atom stereocenters. The maximum atomic E-state index is 10.2. The minimum atomic E-state index is 0.00241. The van der Waals surface area contributed by atoms with E-state index in [1.807, 2.05) is 24.3 Å². The second-order valence-electron chi connectivity index (χ2n) is 5.01. The van der Waals surface area contributed by atoms with Gasteiger partial charge in [0.05, 0.1) is 26.0 Å². The second-order valence-corrected chi connectivity index (χ2v) is 5.39. The number of aromatic nitrogens is 3. The predicted octanol–water partition coefficient (Wildman–Crippen LogP) is 3.21. The smallest absolute Gasteiger partial charge is 0.216 e. The Morgan fingerprint density at radius 3 is 2.60 bits per heavy atom. The second kappa shape index (κ2) is 7.18. The molecule has 0 aliphatic heterocycles. The molecule has 2 N–H and O–H groups in total. The summed E-state index contributed by atoms with van der Waals surface area (Å²) in [5.41, 5.74) is 1.23. The number of phenols is 1. The number of nitrogens with zero attached hydrogens (tertiary/aromatic N) is 3. The number of phenolic OH excluding ortho intramolecular Hbond substituents is 1. The summed E-state index contributed by atoms with van der Waals surface area (Å²) in [7, 11) is 3.07. The van der Waals surface area contributed by atoms with Gasteiger partial charge in [0.1, 0.15) is 5.75 Å². The van der Waals surface area contributed by atoms with E-state index in [-0.39, 0.29) is 5.75 Å². The summed E-state index contributed by atoms with van der Waals surface area (Å²) in [6.45, 7) is 0. The third kappa shape index (κ3) is 3.24. The van der Waals surface area contributed by atoms with Crippen molar-refractivity contribution in [2.24, 2.45) is 5.10 Å². The number of ether oxygens (including phenoxy) is 2. The molecule has 2 aromatic carbocycles. The number of aromatic hydroxyl groups is 1. The molecule has 0 saturated carbocycles. The molecule has 8 heteroatoms. The molecule has 0 amide bonds. The van der Waals surface area contributed by atoms with Gasteiger partial charge in [0.15, 0.2) is 17.3 Å². The van der Waals surface area contributed by atoms with Crippen molar-refractivity contribution in [2.45, 2.75) is 0 Å². The summed E-state index contributed by atoms with van der Waals surface area (Å²) in [5.74, 6) is 1.52. The number of aromatic amines is 1. The van der Waals surface area contributed by atoms with E-state index in [1.54, 1.807) is 25.3 Å². The van der Waals surface area contributed by atoms with E-state index >= 15 is 0 Å². The summed E-state index contributed by atoms with van der Waals surface area (Å²) in [5, 5.41) is 21.5. The van der Waals surface area contributed by atoms with Crippen molar-refractivity contribution in [3.63, 3.8) is 0 Å². The predicted molar refractivity (Wildman–Crippen MR) is 97.1 cm³/mol. The topological polar surface area (TPSA) is 84.7 Å². The van der Waals surface area contributed by atoms with Crippen LogP contribution < -0.4 is 9.47 Å². The summed E-state index contributed by atoms with van der Waals surface area (Å²) >= 11 is 5.25. The average molecular weight is 356 g/mol. The Morgan fingerprint density at radius 2 is 1.84 bits per heavy atom. The Balaban J connectivity index is 2.05. The van der Waals surface area contributed by atoms with Gasteiger partial charge in [0, 0.05) is 5.56 Å². The van der Waals surface area contributed by atoms with Crippen molar-refractivity contribution in [3.8, 4) is 28.6 Å². The Kier molecular flexibility index (Phi) is 4.80. The van der Waals surface area contributed by atoms with Crippen molar-refractivity contribution in [3.05, 3.63) is 52.8 Å². The van der Waals surface area contributed by atoms with E-state index in [4.69, 9.17) is 21.7 Å². The lowest BCUT2D eigenvalue weighted by Crippen LogP contribution is -1.97. The van der Waals surface area contributed by atoms with Gasteiger partial charge in [-0.15, -0.1) is 0 Å². The van der Waals surface area contributed by atoms with Gasteiger partial charge in [0.25, 0.3) is 0 Å². The number of rotatable bonds is 5. The number of methoxy groups -OCH3 is 2. The lowest BCUT2D eigenvalue weighted by Gasteiger charge is -2.07. The molecule has 0 fully saturated rings. The molecular weight excluding hydrogens is 340 g/mol. The van der Waals surface area contributed by atoms with Gasteiger partial charge in [-0.3, -0.25) is 0 Å². The van der Waals surface area contributed by atoms with Crippen LogP contribution in [0.5, 0.6) is 17.2 Å². The van der Waals surface area contributed by atoms with Crippen LogP contribution in [0, 0.1) is 4.77 Å². The highest BCUT2D eigenvalue weighted by molar-refractivity contribution is 7.71. The molecule has 0 spiro atoms. The zero-order valence-corrected chi connectivity index (χ0v) is 14.4. The van der Waals surface area contributed by atoms with Crippen LogP contribution in [-0.2, 0) is 0 Å². The van der Waals surface area contributed by atoms with Crippen LogP contribution in [-0.4, -0.2) is 40.4 Å². The molecular formula is C17H16N4O3S. The van der Waals surface area contributed by atoms with Gasteiger partial charge in [-0.1, -0.05) is 18.2 Å². The lowest BCUT2D eigenvalue weighted by atomic mass is 10.2. The summed E-state index contributed by atoms with van der Waals surface area (Å²) in [4.78, 5) is 0. The SMILES string of the molecule is COc1ccccc1-c1n[nH]c(=S)n1/N=C\c1cccc(OC)c1O. The molecule has 0 unspecified atom stereocenters. The zero-order valence-electron chi connectivity index (χ0n) is 13.6. The first-order chi connectivity index (χ1) is 12.2. The zero-order chi connectivity index (χ0) is 17.8. The highest BCUT2D eigenvalue weighted by Gasteiger charge is 2.13. The van der Waals surface area contributed by atoms with Crippen LogP contribution in [0.1, 0.15) is 5.56 Å². The largest absolute Gasteiger partial charge is 0.504 e. The number of nitrogens with one attached hydrogen (secondary N) is 1. The van der Waals surface area contributed by atoms with Gasteiger partial charge in [-0.05, 0) is 36.5 Å². The van der Waals surface area contributed by atoms with Crippen LogP contribution in [0.2, 0.25) is 0 Å². The van der Waals surface area contributed by atoms with Crippen molar-refractivity contribution in [1.82, 2.24) is 14.9 Å². The number of hydrogen-bond acceptors (Lipinski definition) is 6. The van der Waals surface area contributed by atoms with Crippen LogP contribution in [0.3, 0.4) is 0 Å². The van der Waals surface area contributed by atoms with E-state index in [2.05, 4.69) is 15.3 Å². The normalized spacial score (nSPS) is 11.0. The average Bonchev–Trinajstić information content (AvgIpc) is 3.01. The molecule has 0 bridgehead atoms. The van der Waals surface area contributed by atoms with Crippen LogP contribution in [0.15, 0.2) is 47.6 Å². The fraction of sp³-hybridized carbons (Fsp3) is 0.118. The van der Waals surface area contributed by atoms with Gasteiger partial charge in [-0.25, -0.2) is 5.10 Å². The Hall–Kier alpha value is -3.13. The van der Waals surface area contributed by atoms with Gasteiger partial charge >= 0.3 is 0 Å². The fourth-order valence-corrected chi connectivity index (χ4v) is 2.51. The molecule has 0 radical (unpaired) electrons. The minimum absolute atomic E-state index is 0.00241. The summed E-state index contributed by atoms with van der Waals surface area (Å²) in [6, 6.07) is 12.6. The van der Waals surface area contributed by atoms with Gasteiger partial charge in [-0.2, -0.15) is 14.9 Å². The van der Waals surface area contributed by atoms with E-state index in [0.717, 1.165) is 5.56 Å². The molecule has 128 valence electrons. The summed E-state index contributed by atoms with van der Waals surface area (Å²) in [6.07, 6.45) is 1.49. The lowest BCUT2D eigenvalue weighted by molar-refractivity contribution is 0.373. The molecule has 3 rings (SSSR count). The number of para-hydroxylation sites is 2. The maximum Gasteiger partial charge on any atom is 0.216 e. The Labute approximate surface area is 149 Å². The maximum absolute atomic E-state index is 10.2. The van der Waals surface area contributed by atoms with E-state index in [0.29, 0.717) is 27.7 Å². The molecule has 25 heavy (non-hydrogen) atoms. The molecule has 0 saturated heterocycles. The third-order valence-corrected chi connectivity index (χ3v) is 3.82. The van der Waals surface area contributed by atoms with Crippen molar-refractivity contribution in [1.29, 1.82) is 0 Å². The Morgan fingerprint density at radius 1 is 1.12 bits per heavy atom. The molecule has 1 heterocycles. The molecule has 7 nitrogen and oxygen atoms in total. The molecule has 0 aliphatic rings. The fourth-order valence-electron chi connectivity index (χ4n) is 2.33.